The van der Waals surface area contributed by atoms with E-state index < -0.39 is 40.5 Å². The molecule has 4 aliphatic carbocycles. The average molecular weight is 586 g/mol. The number of aromatic nitrogens is 1. The van der Waals surface area contributed by atoms with Crippen LogP contribution in [0, 0.1) is 17.3 Å². The number of hydrogen-bond donors (Lipinski definition) is 4. The summed E-state index contributed by atoms with van der Waals surface area (Å²) in [6.45, 7) is 19.0. The Bertz CT molecular complexity index is 1660. The third kappa shape index (κ3) is 3.32. The topological polar surface area (TPSA) is 94.9 Å². The Balaban J connectivity index is 1.26. The quantitative estimate of drug-likeness (QED) is 0.300. The van der Waals surface area contributed by atoms with Crippen LogP contribution in [0.3, 0.4) is 0 Å². The summed E-state index contributed by atoms with van der Waals surface area (Å²) in [6, 6.07) is 4.50. The largest absolute Gasteiger partial charge is 0.388 e. The van der Waals surface area contributed by atoms with Gasteiger partial charge in [0, 0.05) is 33.3 Å². The maximum atomic E-state index is 12.8. The number of benzene rings is 1. The van der Waals surface area contributed by atoms with Crippen LogP contribution in [0.5, 0.6) is 0 Å². The molecule has 230 valence electrons. The van der Waals surface area contributed by atoms with E-state index in [-0.39, 0.29) is 17.4 Å². The molecule has 2 saturated carbocycles. The van der Waals surface area contributed by atoms with Gasteiger partial charge in [-0.15, -0.1) is 0 Å². The van der Waals surface area contributed by atoms with Crippen molar-refractivity contribution in [3.8, 4) is 0 Å². The molecule has 0 bridgehead atoms. The molecule has 9 atom stereocenters. The van der Waals surface area contributed by atoms with E-state index in [0.717, 1.165) is 53.5 Å². The summed E-state index contributed by atoms with van der Waals surface area (Å²) in [5, 5.41) is 36.6. The van der Waals surface area contributed by atoms with E-state index in [1.807, 2.05) is 13.0 Å². The Morgan fingerprint density at radius 3 is 2.51 bits per heavy atom. The minimum Gasteiger partial charge on any atom is -0.388 e. The summed E-state index contributed by atoms with van der Waals surface area (Å²) in [4.78, 5) is 3.91. The van der Waals surface area contributed by atoms with Gasteiger partial charge < -0.3 is 29.8 Å². The van der Waals surface area contributed by atoms with E-state index in [1.165, 1.54) is 22.2 Å². The van der Waals surface area contributed by atoms with Gasteiger partial charge in [-0.2, -0.15) is 0 Å². The first-order chi connectivity index (χ1) is 20.0. The van der Waals surface area contributed by atoms with Crippen LogP contribution in [0.25, 0.3) is 16.5 Å². The van der Waals surface area contributed by atoms with Crippen molar-refractivity contribution in [1.82, 2.24) is 4.98 Å². The standard InChI is InChI=1S/C37H47NO5/c1-18(2)31-27(39)16-25-28(42-31)10-11-35(7)36(8)19(9-12-37(25,35)41)13-23-21-14-22-20(15-26(21)38-32(23)36)24-17-33(3,4)43-34(5,6)29(24)30(22)40/h14-17,19,27-31,38-41H,1,9-13H2,2-8H3/t19?,27-,28?,29?,30-,31-,35-,36-,37-/m1/s1. The molecular formula is C37H47NO5. The molecule has 6 aliphatic rings. The number of nitrogens with one attached hydrogen (secondary N) is 1. The fourth-order valence-corrected chi connectivity index (χ4v) is 11.0. The number of aliphatic hydroxyl groups excluding tert-OH is 2. The molecule has 43 heavy (non-hydrogen) atoms. The van der Waals surface area contributed by atoms with Crippen LogP contribution >= 0.6 is 0 Å². The second kappa shape index (κ2) is 8.32. The van der Waals surface area contributed by atoms with Gasteiger partial charge in [-0.3, -0.25) is 0 Å². The van der Waals surface area contributed by atoms with Crippen LogP contribution in [0.4, 0.5) is 0 Å². The lowest BCUT2D eigenvalue weighted by Gasteiger charge is -2.65. The molecular weight excluding hydrogens is 538 g/mol. The molecule has 2 aliphatic heterocycles. The van der Waals surface area contributed by atoms with Crippen LogP contribution in [-0.2, 0) is 21.3 Å². The van der Waals surface area contributed by atoms with Crippen molar-refractivity contribution in [3.05, 3.63) is 64.4 Å². The molecule has 6 heteroatoms. The highest BCUT2D eigenvalue weighted by Crippen LogP contribution is 2.69. The first-order valence-electron chi connectivity index (χ1n) is 16.3. The maximum absolute atomic E-state index is 12.8. The molecule has 0 amide bonds. The van der Waals surface area contributed by atoms with E-state index >= 15 is 0 Å². The highest BCUT2D eigenvalue weighted by Gasteiger charge is 2.70. The number of aliphatic hydroxyl groups is 3. The van der Waals surface area contributed by atoms with Crippen molar-refractivity contribution in [3.63, 3.8) is 0 Å². The van der Waals surface area contributed by atoms with E-state index in [4.69, 9.17) is 9.47 Å². The summed E-state index contributed by atoms with van der Waals surface area (Å²) >= 11 is 0. The van der Waals surface area contributed by atoms with Crippen molar-refractivity contribution in [1.29, 1.82) is 0 Å². The molecule has 0 radical (unpaired) electrons. The molecule has 1 aromatic heterocycles. The highest BCUT2D eigenvalue weighted by atomic mass is 16.5. The molecule has 6 nitrogen and oxygen atoms in total. The van der Waals surface area contributed by atoms with Gasteiger partial charge in [-0.25, -0.2) is 0 Å². The maximum Gasteiger partial charge on any atom is 0.108 e. The van der Waals surface area contributed by atoms with Crippen molar-refractivity contribution in [2.24, 2.45) is 17.3 Å². The Morgan fingerprint density at radius 1 is 1.05 bits per heavy atom. The van der Waals surface area contributed by atoms with Gasteiger partial charge in [-0.05, 0) is 130 Å². The summed E-state index contributed by atoms with van der Waals surface area (Å²) in [5.74, 6) is 0.292. The van der Waals surface area contributed by atoms with Crippen LogP contribution in [0.1, 0.15) is 103 Å². The van der Waals surface area contributed by atoms with Gasteiger partial charge in [0.25, 0.3) is 0 Å². The van der Waals surface area contributed by atoms with Crippen LogP contribution in [0.15, 0.2) is 42.0 Å². The summed E-state index contributed by atoms with van der Waals surface area (Å²) < 4.78 is 12.8. The molecule has 0 spiro atoms. The summed E-state index contributed by atoms with van der Waals surface area (Å²) in [5.41, 5.74) is 5.93. The van der Waals surface area contributed by atoms with Gasteiger partial charge in [0.05, 0.1) is 29.0 Å². The Hall–Kier alpha value is -2.22. The molecule has 8 rings (SSSR count). The van der Waals surface area contributed by atoms with Crippen LogP contribution < -0.4 is 0 Å². The predicted molar refractivity (Wildman–Crippen MR) is 168 cm³/mol. The monoisotopic (exact) mass is 585 g/mol. The van der Waals surface area contributed by atoms with E-state index in [1.54, 1.807) is 0 Å². The lowest BCUT2D eigenvalue weighted by Crippen LogP contribution is -2.67. The van der Waals surface area contributed by atoms with E-state index in [0.29, 0.717) is 12.3 Å². The summed E-state index contributed by atoms with van der Waals surface area (Å²) in [6.07, 6.45) is 6.20. The number of ether oxygens (including phenoxy) is 2. The fraction of sp³-hybridized carbons (Fsp3) is 0.622. The van der Waals surface area contributed by atoms with Gasteiger partial charge >= 0.3 is 0 Å². The number of H-pyrrole nitrogens is 1. The minimum atomic E-state index is -1.07. The Labute approximate surface area is 254 Å². The SMILES string of the molecule is C=C(C)[C@H]1OC2CC[C@@]3(C)[C@@](O)(CCC4Cc5c([nH]c6cc7c(cc56)[C@@H](O)C5C7=CC(C)(C)OC5(C)C)[C@@]43C)C2=C[C@H]1O. The number of fused-ring (bicyclic) bond motifs is 12. The van der Waals surface area contributed by atoms with Crippen molar-refractivity contribution in [2.45, 2.75) is 127 Å². The zero-order chi connectivity index (χ0) is 30.6. The highest BCUT2D eigenvalue weighted by molar-refractivity contribution is 5.93. The van der Waals surface area contributed by atoms with E-state index in [9.17, 15) is 15.3 Å². The minimum absolute atomic E-state index is 0.106. The number of hydrogen-bond acceptors (Lipinski definition) is 5. The van der Waals surface area contributed by atoms with Gasteiger partial charge in [0.2, 0.25) is 0 Å². The van der Waals surface area contributed by atoms with Crippen molar-refractivity contribution < 1.29 is 24.8 Å². The Kier molecular flexibility index (Phi) is 5.47. The van der Waals surface area contributed by atoms with Crippen molar-refractivity contribution >= 4 is 16.5 Å². The normalized spacial score (nSPS) is 43.5. The molecule has 0 saturated heterocycles. The summed E-state index contributed by atoms with van der Waals surface area (Å²) in [7, 11) is 0. The molecule has 3 heterocycles. The first kappa shape index (κ1) is 28.3. The Morgan fingerprint density at radius 2 is 1.79 bits per heavy atom. The lowest BCUT2D eigenvalue weighted by molar-refractivity contribution is -0.185. The zero-order valence-electron chi connectivity index (χ0n) is 26.7. The number of rotatable bonds is 1. The lowest BCUT2D eigenvalue weighted by atomic mass is 9.42. The van der Waals surface area contributed by atoms with Gasteiger partial charge in [0.1, 0.15) is 12.2 Å². The molecule has 2 aromatic rings. The second-order valence-corrected chi connectivity index (χ2v) is 16.2. The third-order valence-corrected chi connectivity index (χ3v) is 13.0. The van der Waals surface area contributed by atoms with Crippen LogP contribution in [0.2, 0.25) is 0 Å². The third-order valence-electron chi connectivity index (χ3n) is 13.0. The molecule has 3 unspecified atom stereocenters. The van der Waals surface area contributed by atoms with Crippen molar-refractivity contribution in [2.75, 3.05) is 0 Å². The zero-order valence-corrected chi connectivity index (χ0v) is 26.7. The second-order valence-electron chi connectivity index (χ2n) is 16.2. The molecule has 1 aromatic carbocycles. The molecule has 4 N–H and O–H groups in total. The number of aromatic amines is 1. The van der Waals surface area contributed by atoms with Gasteiger partial charge in [-0.1, -0.05) is 20.4 Å². The average Bonchev–Trinajstić information content (AvgIpc) is 3.50. The van der Waals surface area contributed by atoms with E-state index in [2.05, 4.69) is 71.3 Å². The first-order valence-corrected chi connectivity index (χ1v) is 16.3. The molecule has 2 fully saturated rings. The smallest absolute Gasteiger partial charge is 0.108 e. The van der Waals surface area contributed by atoms with Crippen LogP contribution in [-0.4, -0.2) is 55.4 Å². The fourth-order valence-electron chi connectivity index (χ4n) is 11.0. The van der Waals surface area contributed by atoms with Gasteiger partial charge in [0.15, 0.2) is 0 Å². The predicted octanol–water partition coefficient (Wildman–Crippen LogP) is 6.19.